The van der Waals surface area contributed by atoms with Gasteiger partial charge in [-0.2, -0.15) is 5.10 Å². The molecule has 0 bridgehead atoms. The lowest BCUT2D eigenvalue weighted by molar-refractivity contribution is 0.414. The van der Waals surface area contributed by atoms with E-state index >= 15 is 0 Å². The van der Waals surface area contributed by atoms with Crippen molar-refractivity contribution in [1.82, 2.24) is 20.4 Å². The van der Waals surface area contributed by atoms with E-state index in [0.717, 1.165) is 23.1 Å². The van der Waals surface area contributed by atoms with Crippen LogP contribution in [0.1, 0.15) is 5.69 Å². The van der Waals surface area contributed by atoms with Crippen molar-refractivity contribution in [3.63, 3.8) is 0 Å². The summed E-state index contributed by atoms with van der Waals surface area (Å²) in [5, 5.41) is 10.8. The summed E-state index contributed by atoms with van der Waals surface area (Å²) in [7, 11) is 3.38. The number of rotatable bonds is 6. The Hall–Kier alpha value is -2.03. The Balaban J connectivity index is 0.00000264. The second kappa shape index (κ2) is 9.88. The van der Waals surface area contributed by atoms with Crippen LogP contribution in [0.25, 0.3) is 5.69 Å². The summed E-state index contributed by atoms with van der Waals surface area (Å²) >= 11 is 0. The third-order valence-electron chi connectivity index (χ3n) is 3.06. The Kier molecular flexibility index (Phi) is 8.17. The molecule has 7 heteroatoms. The van der Waals surface area contributed by atoms with Crippen LogP contribution in [0.5, 0.6) is 5.75 Å². The second-order valence-corrected chi connectivity index (χ2v) is 4.55. The monoisotopic (exact) mass is 427 g/mol. The molecule has 0 aliphatic rings. The lowest BCUT2D eigenvalue weighted by Crippen LogP contribution is -2.36. The second-order valence-electron chi connectivity index (χ2n) is 4.55. The molecule has 23 heavy (non-hydrogen) atoms. The van der Waals surface area contributed by atoms with E-state index in [1.54, 1.807) is 20.2 Å². The normalized spacial score (nSPS) is 10.6. The van der Waals surface area contributed by atoms with Gasteiger partial charge in [0.1, 0.15) is 5.75 Å². The van der Waals surface area contributed by atoms with Crippen molar-refractivity contribution in [3.05, 3.63) is 54.9 Å². The van der Waals surface area contributed by atoms with Crippen molar-refractivity contribution in [2.24, 2.45) is 4.99 Å². The molecular weight excluding hydrogens is 405 g/mol. The van der Waals surface area contributed by atoms with Gasteiger partial charge in [-0.1, -0.05) is 6.08 Å². The van der Waals surface area contributed by atoms with Crippen molar-refractivity contribution >= 4 is 29.9 Å². The van der Waals surface area contributed by atoms with E-state index in [2.05, 4.69) is 27.3 Å². The molecule has 0 spiro atoms. The highest BCUT2D eigenvalue weighted by Crippen LogP contribution is 2.14. The topological polar surface area (TPSA) is 63.5 Å². The van der Waals surface area contributed by atoms with Crippen molar-refractivity contribution in [3.8, 4) is 11.4 Å². The first kappa shape index (κ1) is 19.0. The van der Waals surface area contributed by atoms with Crippen LogP contribution in [-0.2, 0) is 6.54 Å². The number of benzene rings is 1. The summed E-state index contributed by atoms with van der Waals surface area (Å²) in [6.07, 6.45) is 3.71. The Morgan fingerprint density at radius 3 is 2.65 bits per heavy atom. The molecule has 0 saturated carbocycles. The van der Waals surface area contributed by atoms with Gasteiger partial charge in [0.15, 0.2) is 5.96 Å². The summed E-state index contributed by atoms with van der Waals surface area (Å²) in [6.45, 7) is 4.93. The lowest BCUT2D eigenvalue weighted by Gasteiger charge is -2.08. The Bertz CT molecular complexity index is 636. The van der Waals surface area contributed by atoms with Crippen LogP contribution in [0, 0.1) is 0 Å². The van der Waals surface area contributed by atoms with E-state index < -0.39 is 0 Å². The zero-order chi connectivity index (χ0) is 15.8. The highest BCUT2D eigenvalue weighted by atomic mass is 127. The molecule has 124 valence electrons. The van der Waals surface area contributed by atoms with Gasteiger partial charge in [0.05, 0.1) is 25.0 Å². The molecule has 0 radical (unpaired) electrons. The molecule has 2 rings (SSSR count). The summed E-state index contributed by atoms with van der Waals surface area (Å²) < 4.78 is 6.98. The molecule has 0 aliphatic carbocycles. The van der Waals surface area contributed by atoms with E-state index in [-0.39, 0.29) is 24.0 Å². The van der Waals surface area contributed by atoms with E-state index in [4.69, 9.17) is 4.74 Å². The van der Waals surface area contributed by atoms with Crippen LogP contribution in [0.3, 0.4) is 0 Å². The number of guanidine groups is 1. The van der Waals surface area contributed by atoms with Crippen LogP contribution in [0.4, 0.5) is 0 Å². The highest BCUT2D eigenvalue weighted by molar-refractivity contribution is 14.0. The van der Waals surface area contributed by atoms with Crippen LogP contribution >= 0.6 is 24.0 Å². The SMILES string of the molecule is C=CCNC(=NC)NCc1ccn(-c2ccc(OC)cc2)n1.I. The number of hydrogen-bond acceptors (Lipinski definition) is 3. The van der Waals surface area contributed by atoms with Gasteiger partial charge in [-0.15, -0.1) is 30.6 Å². The highest BCUT2D eigenvalue weighted by Gasteiger charge is 2.03. The van der Waals surface area contributed by atoms with Crippen molar-refractivity contribution in [2.75, 3.05) is 20.7 Å². The summed E-state index contributed by atoms with van der Waals surface area (Å²) in [5.74, 6) is 1.55. The van der Waals surface area contributed by atoms with E-state index in [1.165, 1.54) is 0 Å². The maximum atomic E-state index is 5.15. The number of aromatic nitrogens is 2. The molecule has 0 fully saturated rings. The lowest BCUT2D eigenvalue weighted by atomic mass is 10.3. The van der Waals surface area contributed by atoms with Gasteiger partial charge in [0.2, 0.25) is 0 Å². The van der Waals surface area contributed by atoms with Crippen LogP contribution in [0.2, 0.25) is 0 Å². The van der Waals surface area contributed by atoms with Gasteiger partial charge in [-0.25, -0.2) is 4.68 Å². The molecule has 2 N–H and O–H groups in total. The Morgan fingerprint density at radius 1 is 1.30 bits per heavy atom. The minimum absolute atomic E-state index is 0. The molecular formula is C16H22IN5O. The number of halogens is 1. The van der Waals surface area contributed by atoms with Gasteiger partial charge in [-0.3, -0.25) is 4.99 Å². The van der Waals surface area contributed by atoms with E-state index in [1.807, 2.05) is 41.2 Å². The number of nitrogens with one attached hydrogen (secondary N) is 2. The van der Waals surface area contributed by atoms with Gasteiger partial charge in [0.25, 0.3) is 0 Å². The zero-order valence-electron chi connectivity index (χ0n) is 13.3. The molecule has 1 aromatic carbocycles. The number of nitrogens with zero attached hydrogens (tertiary/aromatic N) is 3. The predicted molar refractivity (Wildman–Crippen MR) is 104 cm³/mol. The minimum Gasteiger partial charge on any atom is -0.497 e. The van der Waals surface area contributed by atoms with E-state index in [9.17, 15) is 0 Å². The fourth-order valence-electron chi connectivity index (χ4n) is 1.90. The summed E-state index contributed by atoms with van der Waals surface area (Å²) in [4.78, 5) is 4.12. The van der Waals surface area contributed by atoms with Crippen LogP contribution in [-0.4, -0.2) is 36.4 Å². The van der Waals surface area contributed by atoms with Crippen molar-refractivity contribution < 1.29 is 4.74 Å². The van der Waals surface area contributed by atoms with Crippen LogP contribution in [0.15, 0.2) is 54.2 Å². The minimum atomic E-state index is 0. The molecule has 0 atom stereocenters. The maximum absolute atomic E-state index is 5.15. The number of hydrogen-bond donors (Lipinski definition) is 2. The third kappa shape index (κ3) is 5.59. The number of ether oxygens (including phenoxy) is 1. The van der Waals surface area contributed by atoms with Crippen molar-refractivity contribution in [2.45, 2.75) is 6.54 Å². The van der Waals surface area contributed by atoms with Gasteiger partial charge < -0.3 is 15.4 Å². The number of methoxy groups -OCH3 is 1. The maximum Gasteiger partial charge on any atom is 0.191 e. The summed E-state index contributed by atoms with van der Waals surface area (Å²) in [6, 6.07) is 9.73. The molecule has 6 nitrogen and oxygen atoms in total. The third-order valence-corrected chi connectivity index (χ3v) is 3.06. The fourth-order valence-corrected chi connectivity index (χ4v) is 1.90. The Morgan fingerprint density at radius 2 is 2.04 bits per heavy atom. The first-order valence-electron chi connectivity index (χ1n) is 7.01. The average Bonchev–Trinajstić information content (AvgIpc) is 3.04. The van der Waals surface area contributed by atoms with Gasteiger partial charge in [0, 0.05) is 19.8 Å². The van der Waals surface area contributed by atoms with Gasteiger partial charge >= 0.3 is 0 Å². The molecule has 2 aromatic rings. The van der Waals surface area contributed by atoms with E-state index in [0.29, 0.717) is 13.1 Å². The van der Waals surface area contributed by atoms with Crippen molar-refractivity contribution in [1.29, 1.82) is 0 Å². The number of aliphatic imine (C=N–C) groups is 1. The summed E-state index contributed by atoms with van der Waals surface area (Å²) in [5.41, 5.74) is 1.92. The predicted octanol–water partition coefficient (Wildman–Crippen LogP) is 2.35. The molecule has 1 aromatic heterocycles. The first-order chi connectivity index (χ1) is 10.8. The molecule has 1 heterocycles. The average molecular weight is 427 g/mol. The van der Waals surface area contributed by atoms with Gasteiger partial charge in [-0.05, 0) is 30.3 Å². The Labute approximate surface area is 153 Å². The standard InChI is InChI=1S/C16H21N5O.HI/c1-4-10-18-16(17-2)19-12-13-9-11-21(20-13)14-5-7-15(22-3)8-6-14;/h4-9,11H,1,10,12H2,2-3H3,(H2,17,18,19);1H. The fraction of sp³-hybridized carbons (Fsp3) is 0.250. The zero-order valence-corrected chi connectivity index (χ0v) is 15.7. The quantitative estimate of drug-likeness (QED) is 0.322. The first-order valence-corrected chi connectivity index (χ1v) is 7.01. The smallest absolute Gasteiger partial charge is 0.191 e. The molecule has 0 aliphatic heterocycles. The molecule has 0 unspecified atom stereocenters. The molecule has 0 saturated heterocycles. The molecule has 0 amide bonds. The van der Waals surface area contributed by atoms with Crippen LogP contribution < -0.4 is 15.4 Å². The largest absolute Gasteiger partial charge is 0.497 e.